The molecule has 1 aromatic carbocycles. The Bertz CT molecular complexity index is 223. The van der Waals surface area contributed by atoms with E-state index in [1.165, 1.54) is 0 Å². The first-order valence-corrected chi connectivity index (χ1v) is 3.33. The molecule has 0 atom stereocenters. The first-order valence-electron chi connectivity index (χ1n) is 3.33. The van der Waals surface area contributed by atoms with Crippen molar-refractivity contribution in [3.05, 3.63) is 35.9 Å². The van der Waals surface area contributed by atoms with Crippen LogP contribution in [0.2, 0.25) is 0 Å². The van der Waals surface area contributed by atoms with E-state index in [2.05, 4.69) is 0 Å². The normalized spacial score (nSPS) is 9.18. The van der Waals surface area contributed by atoms with Gasteiger partial charge in [0.05, 0.1) is 6.54 Å². The average molecular weight is 150 g/mol. The van der Waals surface area contributed by atoms with Crippen LogP contribution in [0.5, 0.6) is 0 Å². The fraction of sp³-hybridized carbons (Fsp3) is 0.125. The predicted molar refractivity (Wildman–Crippen MR) is 42.6 cm³/mol. The van der Waals surface area contributed by atoms with Crippen LogP contribution in [0, 0.1) is 5.41 Å². The van der Waals surface area contributed by atoms with E-state index in [0.29, 0.717) is 6.54 Å². The van der Waals surface area contributed by atoms with Crippen molar-refractivity contribution in [2.24, 2.45) is 0 Å². The molecule has 0 spiro atoms. The van der Waals surface area contributed by atoms with E-state index in [0.717, 1.165) is 17.0 Å². The average Bonchev–Trinajstić information content (AvgIpc) is 2.06. The first kappa shape index (κ1) is 7.75. The maximum absolute atomic E-state index is 8.90. The zero-order valence-electron chi connectivity index (χ0n) is 6.07. The van der Waals surface area contributed by atoms with Crippen molar-refractivity contribution in [2.75, 3.05) is 0 Å². The summed E-state index contributed by atoms with van der Waals surface area (Å²) in [6, 6.07) is 9.50. The van der Waals surface area contributed by atoms with Gasteiger partial charge in [0.15, 0.2) is 0 Å². The minimum Gasteiger partial charge on any atom is -0.289 e. The Hall–Kier alpha value is -1.35. The van der Waals surface area contributed by atoms with Gasteiger partial charge in [-0.2, -0.15) is 0 Å². The third-order valence-electron chi connectivity index (χ3n) is 1.34. The minimum absolute atomic E-state index is 0.365. The summed E-state index contributed by atoms with van der Waals surface area (Å²) in [6.45, 7) is 0.365. The molecule has 11 heavy (non-hydrogen) atoms. The summed E-state index contributed by atoms with van der Waals surface area (Å²) < 4.78 is 0. The largest absolute Gasteiger partial charge is 0.289 e. The topological polar surface area (TPSA) is 47.3 Å². The molecule has 0 aliphatic rings. The number of nitrogens with one attached hydrogen (secondary N) is 1. The van der Waals surface area contributed by atoms with Gasteiger partial charge in [0.25, 0.3) is 0 Å². The lowest BCUT2D eigenvalue weighted by atomic mass is 10.2. The lowest BCUT2D eigenvalue weighted by Gasteiger charge is -2.08. The molecule has 0 unspecified atom stereocenters. The van der Waals surface area contributed by atoms with E-state index >= 15 is 0 Å². The molecule has 0 heterocycles. The Labute approximate surface area is 65.4 Å². The molecule has 0 saturated carbocycles. The molecule has 58 valence electrons. The predicted octanol–water partition coefficient (Wildman–Crippen LogP) is 1.48. The van der Waals surface area contributed by atoms with E-state index in [4.69, 9.17) is 10.6 Å². The minimum atomic E-state index is 0.365. The molecule has 0 fully saturated rings. The molecule has 0 amide bonds. The van der Waals surface area contributed by atoms with Crippen molar-refractivity contribution in [1.82, 2.24) is 5.06 Å². The van der Waals surface area contributed by atoms with E-state index < -0.39 is 0 Å². The van der Waals surface area contributed by atoms with E-state index in [9.17, 15) is 0 Å². The van der Waals surface area contributed by atoms with E-state index in [1.807, 2.05) is 30.3 Å². The molecular formula is C8H10N2O. The zero-order chi connectivity index (χ0) is 8.10. The summed E-state index contributed by atoms with van der Waals surface area (Å²) in [5, 5.41) is 16.4. The maximum atomic E-state index is 8.90. The van der Waals surface area contributed by atoms with Gasteiger partial charge >= 0.3 is 0 Å². The molecule has 0 aliphatic carbocycles. The van der Waals surface area contributed by atoms with Crippen molar-refractivity contribution >= 4 is 6.34 Å². The lowest BCUT2D eigenvalue weighted by Crippen LogP contribution is -2.15. The highest BCUT2D eigenvalue weighted by Gasteiger charge is 1.94. The van der Waals surface area contributed by atoms with Crippen molar-refractivity contribution in [3.63, 3.8) is 0 Å². The Kier molecular flexibility index (Phi) is 2.63. The SMILES string of the molecule is N=CN(O)Cc1ccccc1. The highest BCUT2D eigenvalue weighted by Crippen LogP contribution is 1.99. The number of benzene rings is 1. The number of nitrogens with zero attached hydrogens (tertiary/aromatic N) is 1. The van der Waals surface area contributed by atoms with Crippen LogP contribution in [0.1, 0.15) is 5.56 Å². The molecule has 1 rings (SSSR count). The van der Waals surface area contributed by atoms with Gasteiger partial charge in [-0.25, -0.2) is 5.06 Å². The second-order valence-corrected chi connectivity index (χ2v) is 2.21. The molecule has 2 N–H and O–H groups in total. The van der Waals surface area contributed by atoms with Crippen LogP contribution in [0.15, 0.2) is 30.3 Å². The molecule has 3 heteroatoms. The third kappa shape index (κ3) is 2.39. The van der Waals surface area contributed by atoms with Crippen LogP contribution in [0.4, 0.5) is 0 Å². The van der Waals surface area contributed by atoms with Gasteiger partial charge in [-0.05, 0) is 5.56 Å². The molecule has 0 aliphatic heterocycles. The Balaban J connectivity index is 2.57. The van der Waals surface area contributed by atoms with Gasteiger partial charge < -0.3 is 0 Å². The van der Waals surface area contributed by atoms with Gasteiger partial charge in [0, 0.05) is 0 Å². The van der Waals surface area contributed by atoms with Gasteiger partial charge in [0.1, 0.15) is 6.34 Å². The molecule has 3 nitrogen and oxygen atoms in total. The monoisotopic (exact) mass is 150 g/mol. The van der Waals surface area contributed by atoms with Crippen LogP contribution < -0.4 is 0 Å². The van der Waals surface area contributed by atoms with Crippen molar-refractivity contribution < 1.29 is 5.21 Å². The zero-order valence-corrected chi connectivity index (χ0v) is 6.07. The summed E-state index contributed by atoms with van der Waals surface area (Å²) >= 11 is 0. The number of rotatable bonds is 3. The van der Waals surface area contributed by atoms with Gasteiger partial charge in [-0.15, -0.1) is 0 Å². The van der Waals surface area contributed by atoms with Crippen LogP contribution in [0.25, 0.3) is 0 Å². The fourth-order valence-corrected chi connectivity index (χ4v) is 0.816. The highest BCUT2D eigenvalue weighted by atomic mass is 16.5. The van der Waals surface area contributed by atoms with E-state index in [-0.39, 0.29) is 0 Å². The summed E-state index contributed by atoms with van der Waals surface area (Å²) in [6.07, 6.45) is 0.882. The van der Waals surface area contributed by atoms with Crippen LogP contribution in [0.3, 0.4) is 0 Å². The van der Waals surface area contributed by atoms with Crippen LogP contribution in [-0.2, 0) is 6.54 Å². The van der Waals surface area contributed by atoms with E-state index in [1.54, 1.807) is 0 Å². The quantitative estimate of drug-likeness (QED) is 0.389. The molecule has 0 saturated heterocycles. The summed E-state index contributed by atoms with van der Waals surface area (Å²) in [5.41, 5.74) is 0.985. The van der Waals surface area contributed by atoms with Gasteiger partial charge in [0.2, 0.25) is 0 Å². The van der Waals surface area contributed by atoms with Gasteiger partial charge in [-0.3, -0.25) is 10.6 Å². The lowest BCUT2D eigenvalue weighted by molar-refractivity contribution is -0.0173. The van der Waals surface area contributed by atoms with Gasteiger partial charge in [-0.1, -0.05) is 30.3 Å². The Morgan fingerprint density at radius 1 is 1.36 bits per heavy atom. The second kappa shape index (κ2) is 3.73. The highest BCUT2D eigenvalue weighted by molar-refractivity contribution is 5.48. The third-order valence-corrected chi connectivity index (χ3v) is 1.34. The second-order valence-electron chi connectivity index (χ2n) is 2.21. The fourth-order valence-electron chi connectivity index (χ4n) is 0.816. The molecule has 1 aromatic rings. The first-order chi connectivity index (χ1) is 5.33. The van der Waals surface area contributed by atoms with Crippen LogP contribution >= 0.6 is 0 Å². The molecule has 0 bridgehead atoms. The summed E-state index contributed by atoms with van der Waals surface area (Å²) in [4.78, 5) is 0. The number of hydrogen-bond acceptors (Lipinski definition) is 2. The molecule has 0 radical (unpaired) electrons. The Morgan fingerprint density at radius 3 is 2.55 bits per heavy atom. The number of hydroxylamine groups is 2. The maximum Gasteiger partial charge on any atom is 0.107 e. The van der Waals surface area contributed by atoms with Crippen molar-refractivity contribution in [1.29, 1.82) is 5.41 Å². The molecule has 0 aromatic heterocycles. The standard InChI is InChI=1S/C8H10N2O/c9-7-10(11)6-8-4-2-1-3-5-8/h1-5,7,9,11H,6H2. The smallest absolute Gasteiger partial charge is 0.107 e. The molecular weight excluding hydrogens is 140 g/mol. The Morgan fingerprint density at radius 2 is 2.00 bits per heavy atom. The summed E-state index contributed by atoms with van der Waals surface area (Å²) in [7, 11) is 0. The van der Waals surface area contributed by atoms with Crippen LogP contribution in [-0.4, -0.2) is 16.6 Å². The summed E-state index contributed by atoms with van der Waals surface area (Å²) in [5.74, 6) is 0. The van der Waals surface area contributed by atoms with Crippen molar-refractivity contribution in [3.8, 4) is 0 Å². The number of hydrogen-bond donors (Lipinski definition) is 2. The van der Waals surface area contributed by atoms with Crippen molar-refractivity contribution in [2.45, 2.75) is 6.54 Å².